The van der Waals surface area contributed by atoms with Gasteiger partial charge >= 0.3 is 0 Å². The molecule has 5 heterocycles. The number of hydrogen-bond donors (Lipinski definition) is 0. The average molecular weight is 885 g/mol. The molecule has 0 aliphatic rings. The molecule has 0 amide bonds. The minimum Gasteiger partial charge on any atom is -0.456 e. The summed E-state index contributed by atoms with van der Waals surface area (Å²) in [5, 5.41) is 15.4. The predicted molar refractivity (Wildman–Crippen MR) is 283 cm³/mol. The Morgan fingerprint density at radius 1 is 0.275 bits per heavy atom. The van der Waals surface area contributed by atoms with Crippen LogP contribution in [0.2, 0.25) is 0 Å². The van der Waals surface area contributed by atoms with Crippen LogP contribution in [0.1, 0.15) is 0 Å². The molecule has 69 heavy (non-hydrogen) atoms. The molecule has 0 saturated heterocycles. The molecule has 322 valence electrons. The van der Waals surface area contributed by atoms with Crippen LogP contribution >= 0.6 is 0 Å². The second-order valence-corrected chi connectivity index (χ2v) is 17.9. The first-order valence-corrected chi connectivity index (χ1v) is 23.1. The minimum atomic E-state index is 0.510. The quantitative estimate of drug-likeness (QED) is 0.154. The summed E-state index contributed by atoms with van der Waals surface area (Å²) < 4.78 is 19.7. The third-order valence-corrected chi connectivity index (χ3v) is 13.8. The van der Waals surface area contributed by atoms with Crippen LogP contribution in [0.15, 0.2) is 232 Å². The lowest BCUT2D eigenvalue weighted by molar-refractivity contribution is 0.654. The van der Waals surface area contributed by atoms with Gasteiger partial charge < -0.3 is 13.3 Å². The molecule has 15 rings (SSSR count). The second-order valence-electron chi connectivity index (χ2n) is 17.9. The van der Waals surface area contributed by atoms with Crippen molar-refractivity contribution in [3.8, 4) is 0 Å². The summed E-state index contributed by atoms with van der Waals surface area (Å²) in [7, 11) is 0. The number of rotatable bonds is 6. The molecule has 0 spiro atoms. The van der Waals surface area contributed by atoms with Gasteiger partial charge in [-0.2, -0.15) is 4.98 Å². The smallest absolute Gasteiger partial charge is 0.229 e. The molecule has 5 aromatic heterocycles. The highest BCUT2D eigenvalue weighted by Crippen LogP contribution is 2.43. The Bertz CT molecular complexity index is 4310. The van der Waals surface area contributed by atoms with E-state index in [-0.39, 0.29) is 0 Å². The standard InChI is InChI=1S/C62H36N4O3/c1-3-11-39-29-43-31-45(19-17-41(43)27-37(39)9-1)65(47-21-23-51-49-13-5-7-15-55(49)67-57(51)33-47)60-26-25-53-54-36-63-61(35-59(54)69-62(53)64-60)66(48-22-24-52-50-14-6-8-16-56(50)68-58(52)34-48)46-20-18-42-28-38-10-2-4-12-40(38)30-44(42)32-46/h1-36H. The molecule has 0 radical (unpaired) electrons. The van der Waals surface area contributed by atoms with Crippen LogP contribution in [0, 0.1) is 0 Å². The highest BCUT2D eigenvalue weighted by molar-refractivity contribution is 6.09. The number of aromatic nitrogens is 2. The first-order valence-electron chi connectivity index (χ1n) is 23.1. The third kappa shape index (κ3) is 6.00. The number of anilines is 6. The summed E-state index contributed by atoms with van der Waals surface area (Å²) in [6.07, 6.45) is 1.90. The van der Waals surface area contributed by atoms with E-state index >= 15 is 0 Å². The largest absolute Gasteiger partial charge is 0.456 e. The normalized spacial score (nSPS) is 12.1. The molecule has 0 aliphatic carbocycles. The summed E-state index contributed by atoms with van der Waals surface area (Å²) in [4.78, 5) is 14.8. The number of benzene rings is 10. The molecule has 0 N–H and O–H groups in total. The average Bonchev–Trinajstić information content (AvgIpc) is 4.08. The van der Waals surface area contributed by atoms with E-state index in [1.54, 1.807) is 0 Å². The van der Waals surface area contributed by atoms with Crippen LogP contribution in [0.4, 0.5) is 34.4 Å². The van der Waals surface area contributed by atoms with Crippen LogP contribution in [0.25, 0.3) is 109 Å². The maximum atomic E-state index is 6.79. The molecular formula is C62H36N4O3. The highest BCUT2D eigenvalue weighted by atomic mass is 16.3. The molecule has 0 fully saturated rings. The Kier molecular flexibility index (Phi) is 7.94. The lowest BCUT2D eigenvalue weighted by Gasteiger charge is -2.24. The van der Waals surface area contributed by atoms with Gasteiger partial charge in [-0.1, -0.05) is 97.1 Å². The van der Waals surface area contributed by atoms with Gasteiger partial charge in [0.05, 0.1) is 11.4 Å². The zero-order chi connectivity index (χ0) is 45.2. The topological polar surface area (TPSA) is 71.7 Å². The van der Waals surface area contributed by atoms with Crippen molar-refractivity contribution >= 4 is 143 Å². The summed E-state index contributed by atoms with van der Waals surface area (Å²) in [6, 6.07) is 74.4. The molecule has 7 heteroatoms. The van der Waals surface area contributed by atoms with Crippen molar-refractivity contribution in [3.05, 3.63) is 219 Å². The molecule has 0 unspecified atom stereocenters. The number of para-hydroxylation sites is 2. The molecule has 0 saturated carbocycles. The van der Waals surface area contributed by atoms with Gasteiger partial charge in [0, 0.05) is 68.1 Å². The number of pyridine rings is 2. The van der Waals surface area contributed by atoms with E-state index in [4.69, 9.17) is 23.2 Å². The van der Waals surface area contributed by atoms with E-state index in [0.717, 1.165) is 98.9 Å². The van der Waals surface area contributed by atoms with Crippen LogP contribution < -0.4 is 9.80 Å². The van der Waals surface area contributed by atoms with Crippen molar-refractivity contribution in [3.63, 3.8) is 0 Å². The van der Waals surface area contributed by atoms with Crippen molar-refractivity contribution in [2.45, 2.75) is 0 Å². The van der Waals surface area contributed by atoms with Gasteiger partial charge in [0.1, 0.15) is 39.6 Å². The van der Waals surface area contributed by atoms with Crippen molar-refractivity contribution in [2.24, 2.45) is 0 Å². The minimum absolute atomic E-state index is 0.510. The van der Waals surface area contributed by atoms with E-state index in [0.29, 0.717) is 22.9 Å². The number of fused-ring (bicyclic) bond motifs is 13. The van der Waals surface area contributed by atoms with Crippen molar-refractivity contribution in [2.75, 3.05) is 9.80 Å². The Labute approximate surface area is 393 Å². The zero-order valence-electron chi connectivity index (χ0n) is 36.8. The Hall–Kier alpha value is -9.46. The number of furan rings is 3. The fourth-order valence-corrected chi connectivity index (χ4v) is 10.4. The van der Waals surface area contributed by atoms with Gasteiger partial charge in [-0.25, -0.2) is 4.98 Å². The van der Waals surface area contributed by atoms with Gasteiger partial charge in [-0.3, -0.25) is 9.80 Å². The van der Waals surface area contributed by atoms with E-state index in [1.165, 1.54) is 21.5 Å². The highest BCUT2D eigenvalue weighted by Gasteiger charge is 2.22. The molecule has 10 aromatic carbocycles. The fourth-order valence-electron chi connectivity index (χ4n) is 10.4. The second kappa shape index (κ2) is 14.5. The molecule has 0 atom stereocenters. The van der Waals surface area contributed by atoms with Gasteiger partial charge in [0.2, 0.25) is 5.71 Å². The van der Waals surface area contributed by atoms with Crippen LogP contribution in [-0.2, 0) is 0 Å². The Morgan fingerprint density at radius 2 is 0.696 bits per heavy atom. The van der Waals surface area contributed by atoms with Crippen LogP contribution in [0.5, 0.6) is 0 Å². The third-order valence-electron chi connectivity index (χ3n) is 13.8. The van der Waals surface area contributed by atoms with Crippen molar-refractivity contribution < 1.29 is 13.3 Å². The maximum absolute atomic E-state index is 6.79. The van der Waals surface area contributed by atoms with E-state index in [2.05, 4.69) is 180 Å². The SMILES string of the molecule is c1ccc2cc3cc(N(c4ccc5c(c4)oc4ccccc45)c4cc5oc6nc(N(c7ccc8cc9ccccc9cc8c7)c7ccc8c(c7)oc7ccccc78)ccc6c5cn4)ccc3cc2c1. The van der Waals surface area contributed by atoms with Gasteiger partial charge in [0.15, 0.2) is 0 Å². The summed E-state index contributed by atoms with van der Waals surface area (Å²) >= 11 is 0. The molecule has 0 aliphatic heterocycles. The monoisotopic (exact) mass is 884 g/mol. The lowest BCUT2D eigenvalue weighted by Crippen LogP contribution is -2.11. The van der Waals surface area contributed by atoms with E-state index < -0.39 is 0 Å². The Balaban J connectivity index is 0.887. The molecular weight excluding hydrogens is 849 g/mol. The maximum Gasteiger partial charge on any atom is 0.229 e. The molecule has 0 bridgehead atoms. The Morgan fingerprint density at radius 3 is 1.26 bits per heavy atom. The van der Waals surface area contributed by atoms with E-state index in [9.17, 15) is 0 Å². The molecule has 15 aromatic rings. The summed E-state index contributed by atoms with van der Waals surface area (Å²) in [5.41, 5.74) is 8.23. The molecule has 7 nitrogen and oxygen atoms in total. The summed E-state index contributed by atoms with van der Waals surface area (Å²) in [6.45, 7) is 0. The number of hydrogen-bond acceptors (Lipinski definition) is 7. The van der Waals surface area contributed by atoms with Crippen LogP contribution in [-0.4, -0.2) is 9.97 Å². The summed E-state index contributed by atoms with van der Waals surface area (Å²) in [5.74, 6) is 1.40. The zero-order valence-corrected chi connectivity index (χ0v) is 36.8. The van der Waals surface area contributed by atoms with Gasteiger partial charge in [0.25, 0.3) is 0 Å². The van der Waals surface area contributed by atoms with Crippen molar-refractivity contribution in [1.82, 2.24) is 9.97 Å². The van der Waals surface area contributed by atoms with Crippen LogP contribution in [0.3, 0.4) is 0 Å². The number of nitrogens with zero attached hydrogens (tertiary/aromatic N) is 4. The fraction of sp³-hybridized carbons (Fsp3) is 0. The van der Waals surface area contributed by atoms with Crippen molar-refractivity contribution in [1.29, 1.82) is 0 Å². The lowest BCUT2D eigenvalue weighted by atomic mass is 10.0. The van der Waals surface area contributed by atoms with Gasteiger partial charge in [-0.05, 0) is 140 Å². The van der Waals surface area contributed by atoms with E-state index in [1.807, 2.05) is 48.7 Å². The van der Waals surface area contributed by atoms with Gasteiger partial charge in [-0.15, -0.1) is 0 Å². The first-order chi connectivity index (χ1) is 34.1. The first kappa shape index (κ1) is 37.7. The predicted octanol–water partition coefficient (Wildman–Crippen LogP) is 17.7.